The molecule has 0 aliphatic carbocycles. The van der Waals surface area contributed by atoms with Crippen LogP contribution < -0.4 is 10.6 Å². The van der Waals surface area contributed by atoms with Crippen LogP contribution in [0.15, 0.2) is 15.6 Å². The van der Waals surface area contributed by atoms with Crippen LogP contribution in [0.4, 0.5) is 0 Å². The van der Waals surface area contributed by atoms with Crippen LogP contribution in [0.2, 0.25) is 0 Å². The number of nitrogens with zero attached hydrogens (tertiary/aromatic N) is 2. The number of hydrogen-bond acceptors (Lipinski definition) is 3. The van der Waals surface area contributed by atoms with E-state index in [-0.39, 0.29) is 5.41 Å². The van der Waals surface area contributed by atoms with Gasteiger partial charge in [-0.3, -0.25) is 0 Å². The lowest BCUT2D eigenvalue weighted by molar-refractivity contribution is 0.383. The fourth-order valence-corrected chi connectivity index (χ4v) is 1.94. The maximum atomic E-state index is 5.76. The fourth-order valence-electron chi connectivity index (χ4n) is 1.94. The third kappa shape index (κ3) is 6.96. The molecule has 2 N–H and O–H groups in total. The van der Waals surface area contributed by atoms with E-state index in [4.69, 9.17) is 4.42 Å². The minimum Gasteiger partial charge on any atom is -0.443 e. The first kappa shape index (κ1) is 18.5. The van der Waals surface area contributed by atoms with Gasteiger partial charge >= 0.3 is 0 Å². The zero-order chi connectivity index (χ0) is 16.6. The third-order valence-corrected chi connectivity index (χ3v) is 3.26. The van der Waals surface area contributed by atoms with Gasteiger partial charge in [-0.05, 0) is 25.7 Å². The number of aromatic nitrogens is 1. The second kappa shape index (κ2) is 8.81. The van der Waals surface area contributed by atoms with E-state index in [1.165, 1.54) is 6.42 Å². The molecule has 0 bridgehead atoms. The van der Waals surface area contributed by atoms with Gasteiger partial charge in [-0.25, -0.2) is 9.98 Å². The van der Waals surface area contributed by atoms with Crippen molar-refractivity contribution in [1.82, 2.24) is 15.6 Å². The van der Waals surface area contributed by atoms with Crippen LogP contribution in [0.25, 0.3) is 0 Å². The normalized spacial score (nSPS) is 12.8. The van der Waals surface area contributed by atoms with E-state index < -0.39 is 0 Å². The summed E-state index contributed by atoms with van der Waals surface area (Å²) >= 11 is 0. The first-order valence-electron chi connectivity index (χ1n) is 8.30. The lowest BCUT2D eigenvalue weighted by Gasteiger charge is -2.13. The molecule has 22 heavy (non-hydrogen) atoms. The monoisotopic (exact) mass is 308 g/mol. The van der Waals surface area contributed by atoms with Crippen molar-refractivity contribution in [2.24, 2.45) is 10.9 Å². The molecule has 0 aliphatic heterocycles. The zero-order valence-corrected chi connectivity index (χ0v) is 15.0. The van der Waals surface area contributed by atoms with Gasteiger partial charge in [-0.1, -0.05) is 34.6 Å². The lowest BCUT2D eigenvalue weighted by Crippen LogP contribution is -2.37. The van der Waals surface area contributed by atoms with Crippen molar-refractivity contribution in [3.05, 3.63) is 17.8 Å². The first-order valence-corrected chi connectivity index (χ1v) is 8.30. The second-order valence-electron chi connectivity index (χ2n) is 7.03. The molecule has 0 atom stereocenters. The Morgan fingerprint density at radius 2 is 2.05 bits per heavy atom. The maximum absolute atomic E-state index is 5.76. The molecule has 5 heteroatoms. The molecule has 5 nitrogen and oxygen atoms in total. The Labute approximate surface area is 135 Å². The fraction of sp³-hybridized carbons (Fsp3) is 0.765. The van der Waals surface area contributed by atoms with Crippen molar-refractivity contribution in [2.75, 3.05) is 13.1 Å². The largest absolute Gasteiger partial charge is 0.443 e. The van der Waals surface area contributed by atoms with Crippen molar-refractivity contribution in [2.45, 2.75) is 66.3 Å². The molecule has 1 heterocycles. The molecule has 126 valence electrons. The molecule has 1 aromatic rings. The second-order valence-corrected chi connectivity index (χ2v) is 7.03. The predicted octanol–water partition coefficient (Wildman–Crippen LogP) is 3.46. The molecule has 1 rings (SSSR count). The van der Waals surface area contributed by atoms with Crippen molar-refractivity contribution >= 4 is 5.96 Å². The predicted molar refractivity (Wildman–Crippen MR) is 92.1 cm³/mol. The molecule has 0 aliphatic rings. The van der Waals surface area contributed by atoms with Crippen LogP contribution in [-0.2, 0) is 12.0 Å². The Kier molecular flexibility index (Phi) is 7.42. The summed E-state index contributed by atoms with van der Waals surface area (Å²) in [5.74, 6) is 3.11. The molecule has 0 radical (unpaired) electrons. The van der Waals surface area contributed by atoms with E-state index in [9.17, 15) is 0 Å². The van der Waals surface area contributed by atoms with Crippen LogP contribution in [0, 0.1) is 5.92 Å². The molecule has 0 aromatic carbocycles. The number of rotatable bonds is 7. The number of guanidine groups is 1. The van der Waals surface area contributed by atoms with Gasteiger partial charge in [-0.15, -0.1) is 0 Å². The third-order valence-electron chi connectivity index (χ3n) is 3.26. The van der Waals surface area contributed by atoms with Crippen LogP contribution in [-0.4, -0.2) is 24.0 Å². The molecule has 0 fully saturated rings. The van der Waals surface area contributed by atoms with Crippen molar-refractivity contribution in [3.8, 4) is 0 Å². The molecule has 1 aromatic heterocycles. The summed E-state index contributed by atoms with van der Waals surface area (Å²) in [7, 11) is 0. The zero-order valence-electron chi connectivity index (χ0n) is 15.0. The summed E-state index contributed by atoms with van der Waals surface area (Å²) in [6.45, 7) is 15.1. The van der Waals surface area contributed by atoms with Gasteiger partial charge in [0.2, 0.25) is 5.89 Å². The molecular weight excluding hydrogens is 276 g/mol. The van der Waals surface area contributed by atoms with E-state index in [0.717, 1.165) is 37.1 Å². The van der Waals surface area contributed by atoms with Crippen molar-refractivity contribution in [1.29, 1.82) is 0 Å². The van der Waals surface area contributed by atoms with Crippen LogP contribution in [0.5, 0.6) is 0 Å². The number of oxazole rings is 1. The van der Waals surface area contributed by atoms with Crippen molar-refractivity contribution in [3.63, 3.8) is 0 Å². The summed E-state index contributed by atoms with van der Waals surface area (Å²) in [5, 5.41) is 6.60. The van der Waals surface area contributed by atoms with E-state index in [1.54, 1.807) is 6.20 Å². The number of aliphatic imine (C=N–C) groups is 1. The standard InChI is InChI=1S/C17H32N4O/c1-7-18-16(19-10-8-9-13(2)3)21-12-15-20-11-14(22-15)17(4,5)6/h11,13H,7-10,12H2,1-6H3,(H2,18,19,21). The average molecular weight is 308 g/mol. The van der Waals surface area contributed by atoms with E-state index >= 15 is 0 Å². The van der Waals surface area contributed by atoms with Gasteiger partial charge in [0.05, 0.1) is 6.20 Å². The van der Waals surface area contributed by atoms with Crippen LogP contribution >= 0.6 is 0 Å². The minimum atomic E-state index is -0.0193. The van der Waals surface area contributed by atoms with Crippen LogP contribution in [0.3, 0.4) is 0 Å². The Balaban J connectivity index is 2.52. The number of nitrogens with one attached hydrogen (secondary N) is 2. The highest BCUT2D eigenvalue weighted by Gasteiger charge is 2.18. The van der Waals surface area contributed by atoms with E-state index in [1.807, 2.05) is 0 Å². The Morgan fingerprint density at radius 1 is 1.32 bits per heavy atom. The molecule has 0 spiro atoms. The Bertz CT molecular complexity index is 457. The van der Waals surface area contributed by atoms with Gasteiger partial charge < -0.3 is 15.1 Å². The topological polar surface area (TPSA) is 62.5 Å². The quantitative estimate of drug-likeness (QED) is 0.460. The highest BCUT2D eigenvalue weighted by Crippen LogP contribution is 2.22. The summed E-state index contributed by atoms with van der Waals surface area (Å²) in [4.78, 5) is 8.84. The van der Waals surface area contributed by atoms with Gasteiger partial charge in [0.1, 0.15) is 12.3 Å². The lowest BCUT2D eigenvalue weighted by atomic mass is 9.94. The smallest absolute Gasteiger partial charge is 0.216 e. The van der Waals surface area contributed by atoms with Gasteiger partial charge in [0.25, 0.3) is 0 Å². The summed E-state index contributed by atoms with van der Waals surface area (Å²) < 4.78 is 5.76. The molecule has 0 saturated heterocycles. The van der Waals surface area contributed by atoms with E-state index in [2.05, 4.69) is 62.2 Å². The molecule has 0 saturated carbocycles. The van der Waals surface area contributed by atoms with Gasteiger partial charge in [0.15, 0.2) is 5.96 Å². The molecule has 0 amide bonds. The minimum absolute atomic E-state index is 0.0193. The van der Waals surface area contributed by atoms with E-state index in [0.29, 0.717) is 12.4 Å². The Morgan fingerprint density at radius 3 is 2.59 bits per heavy atom. The average Bonchev–Trinajstić information content (AvgIpc) is 2.89. The summed E-state index contributed by atoms with van der Waals surface area (Å²) in [6.07, 6.45) is 4.17. The summed E-state index contributed by atoms with van der Waals surface area (Å²) in [6, 6.07) is 0. The Hall–Kier alpha value is -1.52. The first-order chi connectivity index (χ1) is 10.3. The van der Waals surface area contributed by atoms with Gasteiger partial charge in [0, 0.05) is 18.5 Å². The van der Waals surface area contributed by atoms with Crippen LogP contribution in [0.1, 0.15) is 66.0 Å². The highest BCUT2D eigenvalue weighted by molar-refractivity contribution is 5.79. The molecule has 0 unspecified atom stereocenters. The SMILES string of the molecule is CCNC(=NCc1ncc(C(C)(C)C)o1)NCCCC(C)C. The highest BCUT2D eigenvalue weighted by atomic mass is 16.4. The number of hydrogen-bond donors (Lipinski definition) is 2. The molecular formula is C17H32N4O. The summed E-state index contributed by atoms with van der Waals surface area (Å²) in [5.41, 5.74) is -0.0193. The van der Waals surface area contributed by atoms with Crippen molar-refractivity contribution < 1.29 is 4.42 Å². The van der Waals surface area contributed by atoms with Gasteiger partial charge in [-0.2, -0.15) is 0 Å². The maximum Gasteiger partial charge on any atom is 0.216 e.